The van der Waals surface area contributed by atoms with Gasteiger partial charge in [-0.05, 0) is 55.4 Å². The fourth-order valence-electron chi connectivity index (χ4n) is 0.741. The molecule has 18 heavy (non-hydrogen) atoms. The molecule has 0 aromatic heterocycles. The summed E-state index contributed by atoms with van der Waals surface area (Å²) in [5.74, 6) is 0. The molecule has 4 heteroatoms. The zero-order valence-electron chi connectivity index (χ0n) is 13.3. The average molecular weight is 264 g/mol. The molecule has 0 spiro atoms. The van der Waals surface area contributed by atoms with Crippen LogP contribution in [0.2, 0.25) is 0 Å². The molecule has 0 saturated heterocycles. The van der Waals surface area contributed by atoms with Crippen LogP contribution in [0, 0.1) is 0 Å². The maximum atomic E-state index is 8.79. The Morgan fingerprint density at radius 1 is 0.722 bits per heavy atom. The lowest BCUT2D eigenvalue weighted by atomic mass is 10.2. The normalized spacial score (nSPS) is 15.7. The summed E-state index contributed by atoms with van der Waals surface area (Å²) in [4.78, 5) is 0. The molecule has 2 atom stereocenters. The van der Waals surface area contributed by atoms with Gasteiger partial charge in [0, 0.05) is 0 Å². The summed E-state index contributed by atoms with van der Waals surface area (Å²) in [6, 6.07) is 0. The molecule has 0 rings (SSSR count). The first kappa shape index (κ1) is 20.2. The van der Waals surface area contributed by atoms with Gasteiger partial charge in [-0.3, -0.25) is 0 Å². The van der Waals surface area contributed by atoms with Gasteiger partial charge in [0.1, 0.15) is 0 Å². The molecule has 0 fully saturated rings. The van der Waals surface area contributed by atoms with Crippen molar-refractivity contribution in [2.75, 3.05) is 13.2 Å². The Balaban J connectivity index is 0. The van der Waals surface area contributed by atoms with Crippen LogP contribution in [0.15, 0.2) is 0 Å². The molecule has 4 nitrogen and oxygen atoms in total. The summed E-state index contributed by atoms with van der Waals surface area (Å²) in [5.41, 5.74) is -0.256. The van der Waals surface area contributed by atoms with Crippen LogP contribution in [0.1, 0.15) is 55.4 Å². The molecule has 0 bridgehead atoms. The minimum atomic E-state index is -0.357. The molecule has 2 unspecified atom stereocenters. The highest BCUT2D eigenvalue weighted by molar-refractivity contribution is 4.60. The van der Waals surface area contributed by atoms with Crippen LogP contribution in [0.3, 0.4) is 0 Å². The van der Waals surface area contributed by atoms with E-state index in [4.69, 9.17) is 19.7 Å². The Bertz CT molecular complexity index is 165. The average Bonchev–Trinajstić information content (AvgIpc) is 2.10. The molecule has 2 N–H and O–H groups in total. The molecular formula is C14H32O4. The monoisotopic (exact) mass is 264 g/mol. The molecule has 0 aliphatic heterocycles. The van der Waals surface area contributed by atoms with E-state index in [0.717, 1.165) is 0 Å². The topological polar surface area (TPSA) is 58.9 Å². The first-order valence-electron chi connectivity index (χ1n) is 6.47. The number of hydrogen-bond donors (Lipinski definition) is 2. The number of rotatable bonds is 4. The Hall–Kier alpha value is -0.160. The lowest BCUT2D eigenvalue weighted by molar-refractivity contribution is -0.0437. The molecule has 0 amide bonds. The van der Waals surface area contributed by atoms with Crippen LogP contribution in [0.4, 0.5) is 0 Å². The minimum absolute atomic E-state index is 0.128. The van der Waals surface area contributed by atoms with Gasteiger partial charge in [0.15, 0.2) is 0 Å². The highest BCUT2D eigenvalue weighted by atomic mass is 16.5. The maximum absolute atomic E-state index is 8.79. The maximum Gasteiger partial charge on any atom is 0.0745 e. The third kappa shape index (κ3) is 24.9. The van der Waals surface area contributed by atoms with Crippen molar-refractivity contribution >= 4 is 0 Å². The van der Waals surface area contributed by atoms with Crippen molar-refractivity contribution in [2.45, 2.75) is 78.8 Å². The van der Waals surface area contributed by atoms with Gasteiger partial charge in [-0.1, -0.05) is 0 Å². The van der Waals surface area contributed by atoms with Gasteiger partial charge in [0.05, 0.1) is 36.6 Å². The van der Waals surface area contributed by atoms with E-state index >= 15 is 0 Å². The second-order valence-corrected chi connectivity index (χ2v) is 6.54. The van der Waals surface area contributed by atoms with Crippen molar-refractivity contribution in [3.8, 4) is 0 Å². The highest BCUT2D eigenvalue weighted by Crippen LogP contribution is 2.07. The van der Waals surface area contributed by atoms with E-state index in [1.807, 2.05) is 41.5 Å². The van der Waals surface area contributed by atoms with E-state index < -0.39 is 0 Å². The third-order valence-corrected chi connectivity index (χ3v) is 1.52. The predicted octanol–water partition coefficient (Wildman–Crippen LogP) is 2.36. The van der Waals surface area contributed by atoms with Gasteiger partial charge in [-0.25, -0.2) is 0 Å². The second-order valence-electron chi connectivity index (χ2n) is 6.54. The van der Waals surface area contributed by atoms with Gasteiger partial charge in [0.2, 0.25) is 0 Å². The van der Waals surface area contributed by atoms with Crippen LogP contribution in [-0.2, 0) is 9.47 Å². The lowest BCUT2D eigenvalue weighted by Crippen LogP contribution is -2.24. The Kier molecular flexibility index (Phi) is 9.92. The minimum Gasteiger partial charge on any atom is -0.391 e. The molecular weight excluding hydrogens is 232 g/mol. The lowest BCUT2D eigenvalue weighted by Gasteiger charge is -2.20. The van der Waals surface area contributed by atoms with Crippen molar-refractivity contribution < 1.29 is 19.7 Å². The highest BCUT2D eigenvalue weighted by Gasteiger charge is 2.11. The van der Waals surface area contributed by atoms with Gasteiger partial charge < -0.3 is 19.7 Å². The Morgan fingerprint density at radius 3 is 1.00 bits per heavy atom. The summed E-state index contributed by atoms with van der Waals surface area (Å²) in [5, 5.41) is 17.6. The zero-order chi connectivity index (χ0) is 15.0. The van der Waals surface area contributed by atoms with Gasteiger partial charge in [0.25, 0.3) is 0 Å². The molecule has 0 aromatic carbocycles. The number of ether oxygens (including phenoxy) is 2. The summed E-state index contributed by atoms with van der Waals surface area (Å²) in [7, 11) is 0. The molecule has 0 saturated carbocycles. The molecule has 0 aliphatic rings. The zero-order valence-corrected chi connectivity index (χ0v) is 13.3. The van der Waals surface area contributed by atoms with Crippen LogP contribution >= 0.6 is 0 Å². The summed E-state index contributed by atoms with van der Waals surface area (Å²) < 4.78 is 10.5. The Morgan fingerprint density at radius 2 is 0.944 bits per heavy atom. The number of aliphatic hydroxyl groups is 2. The van der Waals surface area contributed by atoms with E-state index in [1.165, 1.54) is 0 Å². The van der Waals surface area contributed by atoms with Crippen molar-refractivity contribution in [1.29, 1.82) is 0 Å². The summed E-state index contributed by atoms with van der Waals surface area (Å²) >= 11 is 0. The van der Waals surface area contributed by atoms with Crippen LogP contribution in [0.25, 0.3) is 0 Å². The van der Waals surface area contributed by atoms with Gasteiger partial charge in [-0.2, -0.15) is 0 Å². The predicted molar refractivity (Wildman–Crippen MR) is 74.8 cm³/mol. The van der Waals surface area contributed by atoms with E-state index in [9.17, 15) is 0 Å². The van der Waals surface area contributed by atoms with Gasteiger partial charge in [-0.15, -0.1) is 0 Å². The van der Waals surface area contributed by atoms with E-state index in [0.29, 0.717) is 13.2 Å². The van der Waals surface area contributed by atoms with E-state index in [2.05, 4.69) is 0 Å². The Labute approximate surface area is 112 Å². The summed E-state index contributed by atoms with van der Waals surface area (Å²) in [6.45, 7) is 16.1. The summed E-state index contributed by atoms with van der Waals surface area (Å²) in [6.07, 6.45) is -0.714. The molecule has 112 valence electrons. The SMILES string of the molecule is CC(O)COC(C)(C)C.CC(O)COC(C)(C)C. The first-order valence-corrected chi connectivity index (χ1v) is 6.47. The van der Waals surface area contributed by atoms with Crippen LogP contribution < -0.4 is 0 Å². The molecule has 0 aromatic rings. The van der Waals surface area contributed by atoms with Crippen molar-refractivity contribution in [1.82, 2.24) is 0 Å². The number of hydrogen-bond acceptors (Lipinski definition) is 4. The van der Waals surface area contributed by atoms with Crippen LogP contribution in [-0.4, -0.2) is 46.8 Å². The smallest absolute Gasteiger partial charge is 0.0745 e. The van der Waals surface area contributed by atoms with Gasteiger partial charge >= 0.3 is 0 Å². The van der Waals surface area contributed by atoms with Crippen molar-refractivity contribution in [3.05, 3.63) is 0 Å². The van der Waals surface area contributed by atoms with Crippen LogP contribution in [0.5, 0.6) is 0 Å². The van der Waals surface area contributed by atoms with Crippen molar-refractivity contribution in [2.24, 2.45) is 0 Å². The standard InChI is InChI=1S/2C7H16O2/c2*1-6(8)5-9-7(2,3)4/h2*6,8H,5H2,1-4H3. The third-order valence-electron chi connectivity index (χ3n) is 1.52. The van der Waals surface area contributed by atoms with E-state index in [-0.39, 0.29) is 23.4 Å². The fraction of sp³-hybridized carbons (Fsp3) is 1.00. The fourth-order valence-corrected chi connectivity index (χ4v) is 0.741. The molecule has 0 heterocycles. The molecule has 0 aliphatic carbocycles. The first-order chi connectivity index (χ1) is 7.83. The second kappa shape index (κ2) is 8.86. The van der Waals surface area contributed by atoms with Crippen molar-refractivity contribution in [3.63, 3.8) is 0 Å². The van der Waals surface area contributed by atoms with E-state index in [1.54, 1.807) is 13.8 Å². The number of aliphatic hydroxyl groups excluding tert-OH is 2. The largest absolute Gasteiger partial charge is 0.391 e. The molecule has 0 radical (unpaired) electrons. The quantitative estimate of drug-likeness (QED) is 0.818.